The third-order valence-electron chi connectivity index (χ3n) is 3.49. The van der Waals surface area contributed by atoms with Gasteiger partial charge in [-0.15, -0.1) is 0 Å². The largest absolute Gasteiger partial charge is 0.354 e. The normalized spacial score (nSPS) is 12.4. The minimum atomic E-state index is 0.0939. The van der Waals surface area contributed by atoms with Crippen LogP contribution in [-0.4, -0.2) is 45.0 Å². The Hall–Kier alpha value is -1.39. The lowest BCUT2D eigenvalue weighted by Gasteiger charge is -2.25. The van der Waals surface area contributed by atoms with E-state index < -0.39 is 0 Å². The molecule has 0 aromatic heterocycles. The monoisotopic (exact) mass is 277 g/mol. The first kappa shape index (κ1) is 16.7. The zero-order valence-electron chi connectivity index (χ0n) is 13.1. The van der Waals surface area contributed by atoms with Gasteiger partial charge in [0.25, 0.3) is 0 Å². The fraction of sp³-hybridized carbons (Fsp3) is 0.562. The molecule has 0 saturated carbocycles. The topological polar surface area (TPSA) is 44.4 Å². The number of hydrogen-bond donors (Lipinski definition) is 2. The summed E-state index contributed by atoms with van der Waals surface area (Å²) < 4.78 is 0. The van der Waals surface area contributed by atoms with Gasteiger partial charge in [0, 0.05) is 19.5 Å². The summed E-state index contributed by atoms with van der Waals surface area (Å²) in [6.45, 7) is 3.51. The third-order valence-corrected chi connectivity index (χ3v) is 3.49. The Morgan fingerprint density at radius 1 is 1.25 bits per heavy atom. The first-order valence-electron chi connectivity index (χ1n) is 7.25. The molecule has 1 rings (SSSR count). The Labute approximate surface area is 122 Å². The molecule has 0 bridgehead atoms. The lowest BCUT2D eigenvalue weighted by atomic mass is 10.0. The summed E-state index contributed by atoms with van der Waals surface area (Å²) in [6.07, 6.45) is 1.57. The van der Waals surface area contributed by atoms with Crippen LogP contribution in [0.5, 0.6) is 0 Å². The quantitative estimate of drug-likeness (QED) is 0.758. The molecule has 0 heterocycles. The van der Waals surface area contributed by atoms with Crippen molar-refractivity contribution in [3.8, 4) is 0 Å². The van der Waals surface area contributed by atoms with Gasteiger partial charge in [-0.05, 0) is 38.7 Å². The Bertz CT molecular complexity index is 401. The van der Waals surface area contributed by atoms with E-state index in [2.05, 4.69) is 46.7 Å². The van der Waals surface area contributed by atoms with Gasteiger partial charge >= 0.3 is 0 Å². The zero-order chi connectivity index (χ0) is 15.0. The molecule has 0 radical (unpaired) electrons. The number of nitrogens with one attached hydrogen (secondary N) is 2. The van der Waals surface area contributed by atoms with Crippen molar-refractivity contribution in [2.24, 2.45) is 0 Å². The van der Waals surface area contributed by atoms with Gasteiger partial charge in [-0.1, -0.05) is 31.2 Å². The molecule has 0 saturated heterocycles. The number of hydrogen-bond acceptors (Lipinski definition) is 3. The van der Waals surface area contributed by atoms with Crippen molar-refractivity contribution in [3.05, 3.63) is 35.4 Å². The number of aryl methyl sites for hydroxylation is 1. The summed E-state index contributed by atoms with van der Waals surface area (Å²) in [7, 11) is 5.93. The number of rotatable bonds is 8. The molecule has 4 nitrogen and oxygen atoms in total. The van der Waals surface area contributed by atoms with Crippen molar-refractivity contribution in [2.75, 3.05) is 34.2 Å². The Morgan fingerprint density at radius 3 is 2.40 bits per heavy atom. The fourth-order valence-electron chi connectivity index (χ4n) is 2.11. The smallest absolute Gasteiger partial charge is 0.221 e. The highest BCUT2D eigenvalue weighted by atomic mass is 16.1. The van der Waals surface area contributed by atoms with E-state index in [0.717, 1.165) is 6.42 Å². The van der Waals surface area contributed by atoms with Crippen molar-refractivity contribution >= 4 is 5.91 Å². The molecule has 1 aromatic carbocycles. The predicted molar refractivity (Wildman–Crippen MR) is 83.8 cm³/mol. The van der Waals surface area contributed by atoms with Gasteiger partial charge < -0.3 is 15.5 Å². The number of carbonyl (C=O) groups is 1. The Morgan fingerprint density at radius 2 is 1.90 bits per heavy atom. The van der Waals surface area contributed by atoms with E-state index in [4.69, 9.17) is 0 Å². The summed E-state index contributed by atoms with van der Waals surface area (Å²) in [6, 6.07) is 8.84. The van der Waals surface area contributed by atoms with Crippen molar-refractivity contribution in [1.82, 2.24) is 15.5 Å². The summed E-state index contributed by atoms with van der Waals surface area (Å²) in [5, 5.41) is 5.99. The van der Waals surface area contributed by atoms with Crippen LogP contribution in [0.1, 0.15) is 30.5 Å². The number of likely N-dealkylation sites (N-methyl/N-ethyl adjacent to an activating group) is 1. The van der Waals surface area contributed by atoms with Crippen molar-refractivity contribution in [3.63, 3.8) is 0 Å². The van der Waals surface area contributed by atoms with Crippen LogP contribution in [-0.2, 0) is 11.2 Å². The van der Waals surface area contributed by atoms with Gasteiger partial charge in [-0.2, -0.15) is 0 Å². The second kappa shape index (κ2) is 8.72. The maximum atomic E-state index is 11.7. The van der Waals surface area contributed by atoms with Crippen LogP contribution in [0, 0.1) is 0 Å². The molecule has 0 aliphatic heterocycles. The summed E-state index contributed by atoms with van der Waals surface area (Å²) >= 11 is 0. The molecule has 1 aromatic rings. The SMILES string of the molecule is CCc1ccc(C(CNC(=O)CCNC)N(C)C)cc1. The second-order valence-corrected chi connectivity index (χ2v) is 5.23. The van der Waals surface area contributed by atoms with Crippen molar-refractivity contribution in [1.29, 1.82) is 0 Å². The van der Waals surface area contributed by atoms with Gasteiger partial charge in [-0.3, -0.25) is 4.79 Å². The van der Waals surface area contributed by atoms with E-state index in [-0.39, 0.29) is 11.9 Å². The standard InChI is InChI=1S/C16H27N3O/c1-5-13-6-8-14(9-7-13)15(19(3)4)12-18-16(20)10-11-17-2/h6-9,15,17H,5,10-12H2,1-4H3,(H,18,20). The lowest BCUT2D eigenvalue weighted by molar-refractivity contribution is -0.121. The maximum absolute atomic E-state index is 11.7. The van der Waals surface area contributed by atoms with E-state index in [0.29, 0.717) is 19.5 Å². The summed E-state index contributed by atoms with van der Waals surface area (Å²) in [5.41, 5.74) is 2.57. The molecule has 0 aliphatic carbocycles. The molecular formula is C16H27N3O. The van der Waals surface area contributed by atoms with Crippen LogP contribution >= 0.6 is 0 Å². The molecule has 4 heteroatoms. The van der Waals surface area contributed by atoms with E-state index in [1.165, 1.54) is 11.1 Å². The molecule has 0 fully saturated rings. The minimum absolute atomic E-state index is 0.0939. The van der Waals surface area contributed by atoms with Crippen molar-refractivity contribution < 1.29 is 4.79 Å². The fourth-order valence-corrected chi connectivity index (χ4v) is 2.11. The highest BCUT2D eigenvalue weighted by molar-refractivity contribution is 5.76. The molecule has 0 aliphatic rings. The third kappa shape index (κ3) is 5.31. The maximum Gasteiger partial charge on any atom is 0.221 e. The van der Waals surface area contributed by atoms with Crippen LogP contribution in [0.4, 0.5) is 0 Å². The van der Waals surface area contributed by atoms with Crippen LogP contribution in [0.15, 0.2) is 24.3 Å². The Balaban J connectivity index is 2.61. The van der Waals surface area contributed by atoms with E-state index >= 15 is 0 Å². The lowest BCUT2D eigenvalue weighted by Crippen LogP contribution is -2.35. The Kier molecular flexibility index (Phi) is 7.26. The molecule has 1 atom stereocenters. The molecule has 1 amide bonds. The average molecular weight is 277 g/mol. The molecule has 1 unspecified atom stereocenters. The van der Waals surface area contributed by atoms with Gasteiger partial charge in [0.05, 0.1) is 6.04 Å². The van der Waals surface area contributed by atoms with Crippen LogP contribution in [0.3, 0.4) is 0 Å². The van der Waals surface area contributed by atoms with E-state index in [1.54, 1.807) is 0 Å². The second-order valence-electron chi connectivity index (χ2n) is 5.23. The molecular weight excluding hydrogens is 250 g/mol. The van der Waals surface area contributed by atoms with Crippen LogP contribution < -0.4 is 10.6 Å². The highest BCUT2D eigenvalue weighted by Crippen LogP contribution is 2.18. The van der Waals surface area contributed by atoms with Crippen LogP contribution in [0.25, 0.3) is 0 Å². The van der Waals surface area contributed by atoms with E-state index in [9.17, 15) is 4.79 Å². The zero-order valence-corrected chi connectivity index (χ0v) is 13.1. The minimum Gasteiger partial charge on any atom is -0.354 e. The van der Waals surface area contributed by atoms with Crippen LogP contribution in [0.2, 0.25) is 0 Å². The highest BCUT2D eigenvalue weighted by Gasteiger charge is 2.15. The first-order valence-corrected chi connectivity index (χ1v) is 7.25. The predicted octanol–water partition coefficient (Wildman–Crippen LogP) is 1.58. The first-order chi connectivity index (χ1) is 9.58. The van der Waals surface area contributed by atoms with Crippen molar-refractivity contribution in [2.45, 2.75) is 25.8 Å². The molecule has 2 N–H and O–H groups in total. The van der Waals surface area contributed by atoms with E-state index in [1.807, 2.05) is 21.1 Å². The summed E-state index contributed by atoms with van der Waals surface area (Å²) in [5.74, 6) is 0.0939. The molecule has 112 valence electrons. The van der Waals surface area contributed by atoms with Gasteiger partial charge in [0.1, 0.15) is 0 Å². The molecule has 0 spiro atoms. The van der Waals surface area contributed by atoms with Gasteiger partial charge in [0.15, 0.2) is 0 Å². The summed E-state index contributed by atoms with van der Waals surface area (Å²) in [4.78, 5) is 13.8. The number of amides is 1. The number of benzene rings is 1. The number of nitrogens with zero attached hydrogens (tertiary/aromatic N) is 1. The van der Waals surface area contributed by atoms with Gasteiger partial charge in [-0.25, -0.2) is 0 Å². The average Bonchev–Trinajstić information content (AvgIpc) is 2.45. The number of carbonyl (C=O) groups excluding carboxylic acids is 1. The van der Waals surface area contributed by atoms with Gasteiger partial charge in [0.2, 0.25) is 5.91 Å². The molecule has 20 heavy (non-hydrogen) atoms.